The first kappa shape index (κ1) is 14.8. The molecule has 1 N–H and O–H groups in total. The first-order chi connectivity index (χ1) is 10.7. The Hall–Kier alpha value is -2.14. The molecular formula is C16H16ClFN4. The van der Waals surface area contributed by atoms with Gasteiger partial charge in [0.15, 0.2) is 0 Å². The van der Waals surface area contributed by atoms with Gasteiger partial charge in [-0.05, 0) is 36.8 Å². The zero-order valence-electron chi connectivity index (χ0n) is 12.1. The largest absolute Gasteiger partial charge is 0.362 e. The standard InChI is InChI=1S/C16H16ClFN4/c1-2-5-16(19-13-9-8-11(18)10-12(13)17)22-15-7-4-3-6-14(15)20-21-22/h3-4,6-10,16,19H,2,5H2,1H3. The zero-order chi connectivity index (χ0) is 15.5. The zero-order valence-corrected chi connectivity index (χ0v) is 12.9. The monoisotopic (exact) mass is 318 g/mol. The summed E-state index contributed by atoms with van der Waals surface area (Å²) in [6, 6.07) is 12.1. The van der Waals surface area contributed by atoms with Crippen molar-refractivity contribution in [1.29, 1.82) is 0 Å². The van der Waals surface area contributed by atoms with Crippen molar-refractivity contribution < 1.29 is 4.39 Å². The van der Waals surface area contributed by atoms with Gasteiger partial charge in [0.2, 0.25) is 0 Å². The highest BCUT2D eigenvalue weighted by molar-refractivity contribution is 6.33. The van der Waals surface area contributed by atoms with Gasteiger partial charge in [0.1, 0.15) is 17.5 Å². The Labute approximate surface area is 132 Å². The molecule has 0 aliphatic heterocycles. The van der Waals surface area contributed by atoms with Crippen molar-refractivity contribution in [3.05, 3.63) is 53.3 Å². The molecule has 1 aromatic heterocycles. The van der Waals surface area contributed by atoms with Crippen LogP contribution >= 0.6 is 11.6 Å². The number of fused-ring (bicyclic) bond motifs is 1. The summed E-state index contributed by atoms with van der Waals surface area (Å²) in [7, 11) is 0. The Morgan fingerprint density at radius 2 is 2.09 bits per heavy atom. The Morgan fingerprint density at radius 3 is 2.86 bits per heavy atom. The molecule has 0 saturated heterocycles. The molecule has 1 unspecified atom stereocenters. The lowest BCUT2D eigenvalue weighted by Crippen LogP contribution is -2.19. The molecule has 22 heavy (non-hydrogen) atoms. The molecule has 4 nitrogen and oxygen atoms in total. The van der Waals surface area contributed by atoms with E-state index >= 15 is 0 Å². The van der Waals surface area contributed by atoms with Crippen LogP contribution < -0.4 is 5.32 Å². The fourth-order valence-corrected chi connectivity index (χ4v) is 2.65. The van der Waals surface area contributed by atoms with Crippen molar-refractivity contribution in [1.82, 2.24) is 15.0 Å². The van der Waals surface area contributed by atoms with E-state index in [1.807, 2.05) is 28.9 Å². The van der Waals surface area contributed by atoms with E-state index in [0.717, 1.165) is 23.9 Å². The summed E-state index contributed by atoms with van der Waals surface area (Å²) in [5.41, 5.74) is 2.48. The number of aromatic nitrogens is 3. The average molecular weight is 319 g/mol. The highest BCUT2D eigenvalue weighted by atomic mass is 35.5. The molecule has 3 aromatic rings. The van der Waals surface area contributed by atoms with Crippen molar-refractivity contribution in [2.24, 2.45) is 0 Å². The van der Waals surface area contributed by atoms with Gasteiger partial charge in [0.05, 0.1) is 16.2 Å². The summed E-state index contributed by atoms with van der Waals surface area (Å²) in [5, 5.41) is 12.1. The molecule has 1 heterocycles. The van der Waals surface area contributed by atoms with Gasteiger partial charge in [0, 0.05) is 0 Å². The minimum atomic E-state index is -0.353. The fraction of sp³-hybridized carbons (Fsp3) is 0.250. The number of nitrogens with one attached hydrogen (secondary N) is 1. The molecule has 3 rings (SSSR count). The summed E-state index contributed by atoms with van der Waals surface area (Å²) < 4.78 is 15.0. The average Bonchev–Trinajstić information content (AvgIpc) is 2.93. The van der Waals surface area contributed by atoms with Gasteiger partial charge in [-0.3, -0.25) is 0 Å². The Balaban J connectivity index is 1.96. The molecule has 0 saturated carbocycles. The van der Waals surface area contributed by atoms with Crippen LogP contribution in [0.15, 0.2) is 42.5 Å². The molecule has 1 atom stereocenters. The van der Waals surface area contributed by atoms with E-state index < -0.39 is 0 Å². The van der Waals surface area contributed by atoms with E-state index in [9.17, 15) is 4.39 Å². The molecule has 114 valence electrons. The van der Waals surface area contributed by atoms with Gasteiger partial charge in [0.25, 0.3) is 0 Å². The van der Waals surface area contributed by atoms with Gasteiger partial charge >= 0.3 is 0 Å². The van der Waals surface area contributed by atoms with E-state index in [-0.39, 0.29) is 12.0 Å². The van der Waals surface area contributed by atoms with Gasteiger partial charge in [-0.1, -0.05) is 42.3 Å². The van der Waals surface area contributed by atoms with Crippen LogP contribution in [0.1, 0.15) is 25.9 Å². The molecule has 6 heteroatoms. The summed E-state index contributed by atoms with van der Waals surface area (Å²) >= 11 is 6.11. The van der Waals surface area contributed by atoms with Gasteiger partial charge in [-0.25, -0.2) is 9.07 Å². The summed E-state index contributed by atoms with van der Waals surface area (Å²) in [6.07, 6.45) is 1.71. The molecule has 0 aliphatic rings. The summed E-state index contributed by atoms with van der Waals surface area (Å²) in [5.74, 6) is -0.353. The number of hydrogen-bond donors (Lipinski definition) is 1. The minimum absolute atomic E-state index is 0.0969. The Bertz CT molecular complexity index is 787. The highest BCUT2D eigenvalue weighted by Crippen LogP contribution is 2.27. The predicted molar refractivity (Wildman–Crippen MR) is 86.5 cm³/mol. The Kier molecular flexibility index (Phi) is 4.24. The number of rotatable bonds is 5. The van der Waals surface area contributed by atoms with Crippen molar-refractivity contribution in [3.8, 4) is 0 Å². The lowest BCUT2D eigenvalue weighted by atomic mass is 10.2. The van der Waals surface area contributed by atoms with Crippen LogP contribution in [0.5, 0.6) is 0 Å². The van der Waals surface area contributed by atoms with E-state index in [0.29, 0.717) is 10.7 Å². The maximum absolute atomic E-state index is 13.2. The van der Waals surface area contributed by atoms with Crippen molar-refractivity contribution >= 4 is 28.3 Å². The molecule has 2 aromatic carbocycles. The summed E-state index contributed by atoms with van der Waals surface area (Å²) in [4.78, 5) is 0. The second-order valence-electron chi connectivity index (χ2n) is 5.10. The van der Waals surface area contributed by atoms with E-state index in [2.05, 4.69) is 22.6 Å². The second-order valence-corrected chi connectivity index (χ2v) is 5.50. The normalized spacial score (nSPS) is 12.5. The first-order valence-corrected chi connectivity index (χ1v) is 7.58. The van der Waals surface area contributed by atoms with Crippen LogP contribution in [0, 0.1) is 5.82 Å². The molecule has 0 amide bonds. The van der Waals surface area contributed by atoms with Gasteiger partial charge in [-0.2, -0.15) is 0 Å². The third kappa shape index (κ3) is 2.90. The number of benzene rings is 2. The van der Waals surface area contributed by atoms with Crippen LogP contribution in [0.4, 0.5) is 10.1 Å². The quantitative estimate of drug-likeness (QED) is 0.745. The van der Waals surface area contributed by atoms with Crippen molar-refractivity contribution in [3.63, 3.8) is 0 Å². The lowest BCUT2D eigenvalue weighted by Gasteiger charge is -2.21. The number of halogens is 2. The van der Waals surface area contributed by atoms with Crippen molar-refractivity contribution in [2.75, 3.05) is 5.32 Å². The van der Waals surface area contributed by atoms with Crippen molar-refractivity contribution in [2.45, 2.75) is 25.9 Å². The van der Waals surface area contributed by atoms with Crippen LogP contribution in [-0.2, 0) is 0 Å². The molecular weight excluding hydrogens is 303 g/mol. The minimum Gasteiger partial charge on any atom is -0.362 e. The van der Waals surface area contributed by atoms with Crippen LogP contribution in [0.3, 0.4) is 0 Å². The molecule has 0 bridgehead atoms. The Morgan fingerprint density at radius 1 is 1.27 bits per heavy atom. The molecule has 0 aliphatic carbocycles. The van der Waals surface area contributed by atoms with Gasteiger partial charge in [-0.15, -0.1) is 5.10 Å². The first-order valence-electron chi connectivity index (χ1n) is 7.20. The third-order valence-corrected chi connectivity index (χ3v) is 3.80. The van der Waals surface area contributed by atoms with E-state index in [1.54, 1.807) is 6.07 Å². The molecule has 0 fully saturated rings. The maximum Gasteiger partial charge on any atom is 0.124 e. The van der Waals surface area contributed by atoms with Crippen LogP contribution in [0.25, 0.3) is 11.0 Å². The molecule has 0 spiro atoms. The number of para-hydroxylation sites is 1. The SMILES string of the molecule is CCCC(Nc1ccc(F)cc1Cl)n1nnc2ccccc21. The predicted octanol–water partition coefficient (Wildman–Crippen LogP) is 4.63. The maximum atomic E-state index is 13.2. The van der Waals surface area contributed by atoms with E-state index in [4.69, 9.17) is 11.6 Å². The third-order valence-electron chi connectivity index (χ3n) is 3.49. The van der Waals surface area contributed by atoms with E-state index in [1.165, 1.54) is 12.1 Å². The fourth-order valence-electron chi connectivity index (χ4n) is 2.43. The lowest BCUT2D eigenvalue weighted by molar-refractivity contribution is 0.467. The number of hydrogen-bond acceptors (Lipinski definition) is 3. The number of nitrogens with zero attached hydrogens (tertiary/aromatic N) is 3. The number of anilines is 1. The second kappa shape index (κ2) is 6.32. The molecule has 0 radical (unpaired) electrons. The topological polar surface area (TPSA) is 42.7 Å². The van der Waals surface area contributed by atoms with Crippen LogP contribution in [0.2, 0.25) is 5.02 Å². The van der Waals surface area contributed by atoms with Gasteiger partial charge < -0.3 is 5.32 Å². The van der Waals surface area contributed by atoms with Crippen LogP contribution in [-0.4, -0.2) is 15.0 Å². The highest BCUT2D eigenvalue weighted by Gasteiger charge is 2.16. The summed E-state index contributed by atoms with van der Waals surface area (Å²) in [6.45, 7) is 2.10. The smallest absolute Gasteiger partial charge is 0.124 e.